The summed E-state index contributed by atoms with van der Waals surface area (Å²) in [6, 6.07) is -0.994. The molecule has 100 valence electrons. The predicted octanol–water partition coefficient (Wildman–Crippen LogP) is -0.378. The minimum Gasteiger partial charge on any atom is -0.351 e. The lowest BCUT2D eigenvalue weighted by Gasteiger charge is -2.03. The molecule has 0 spiro atoms. The Labute approximate surface area is 108 Å². The Balaban J connectivity index is 3.07. The highest BCUT2D eigenvalue weighted by Gasteiger charge is 2.23. The summed E-state index contributed by atoms with van der Waals surface area (Å²) in [6.45, 7) is 2.57. The van der Waals surface area contributed by atoms with Crippen molar-refractivity contribution in [3.63, 3.8) is 0 Å². The van der Waals surface area contributed by atoms with Crippen LogP contribution in [0.1, 0.15) is 11.4 Å². The van der Waals surface area contributed by atoms with Crippen LogP contribution in [0.5, 0.6) is 0 Å². The number of urea groups is 1. The molecule has 3 amide bonds. The molecule has 0 aliphatic carbocycles. The van der Waals surface area contributed by atoms with Crippen molar-refractivity contribution in [1.82, 2.24) is 15.1 Å². The maximum atomic E-state index is 11.3. The number of imide groups is 1. The highest BCUT2D eigenvalue weighted by Crippen LogP contribution is 2.22. The lowest BCUT2D eigenvalue weighted by molar-refractivity contribution is -0.120. The maximum absolute atomic E-state index is 11.3. The zero-order valence-corrected chi connectivity index (χ0v) is 11.2. The summed E-state index contributed by atoms with van der Waals surface area (Å²) in [5, 5.41) is 5.71. The summed E-state index contributed by atoms with van der Waals surface area (Å²) in [5.74, 6) is -0.702. The Bertz CT molecular complexity index is 607. The van der Waals surface area contributed by atoms with Crippen LogP contribution < -0.4 is 11.1 Å². The highest BCUT2D eigenvalue weighted by atomic mass is 35.7. The quantitative estimate of drug-likeness (QED) is 0.735. The fourth-order valence-electron chi connectivity index (χ4n) is 1.50. The van der Waals surface area contributed by atoms with E-state index in [1.807, 2.05) is 5.32 Å². The molecule has 0 radical (unpaired) electrons. The lowest BCUT2D eigenvalue weighted by Crippen LogP contribution is -2.37. The van der Waals surface area contributed by atoms with E-state index in [-0.39, 0.29) is 22.8 Å². The van der Waals surface area contributed by atoms with Crippen molar-refractivity contribution in [2.45, 2.75) is 25.3 Å². The molecule has 8 nitrogen and oxygen atoms in total. The number of amides is 3. The minimum atomic E-state index is -3.94. The number of rotatable bonds is 3. The number of carbonyl (C=O) groups is 2. The van der Waals surface area contributed by atoms with Crippen LogP contribution in [0.25, 0.3) is 0 Å². The van der Waals surface area contributed by atoms with Crippen LogP contribution in [0.2, 0.25) is 0 Å². The molecule has 3 N–H and O–H groups in total. The lowest BCUT2D eigenvalue weighted by atomic mass is 10.4. The van der Waals surface area contributed by atoms with E-state index >= 15 is 0 Å². The number of nitrogens with one attached hydrogen (secondary N) is 1. The van der Waals surface area contributed by atoms with Gasteiger partial charge in [-0.2, -0.15) is 5.10 Å². The van der Waals surface area contributed by atoms with Crippen LogP contribution in [-0.4, -0.2) is 30.1 Å². The van der Waals surface area contributed by atoms with Gasteiger partial charge in [0.25, 0.3) is 9.05 Å². The van der Waals surface area contributed by atoms with Gasteiger partial charge in [0.05, 0.1) is 11.4 Å². The van der Waals surface area contributed by atoms with Crippen LogP contribution in [0.4, 0.5) is 4.79 Å². The van der Waals surface area contributed by atoms with E-state index in [1.165, 1.54) is 13.8 Å². The largest absolute Gasteiger partial charge is 0.351 e. The van der Waals surface area contributed by atoms with Gasteiger partial charge < -0.3 is 5.73 Å². The molecule has 18 heavy (non-hydrogen) atoms. The molecule has 0 aromatic carbocycles. The average Bonchev–Trinajstić information content (AvgIpc) is 2.38. The zero-order chi connectivity index (χ0) is 14.1. The fraction of sp³-hybridized carbons (Fsp3) is 0.375. The Morgan fingerprint density at radius 1 is 1.44 bits per heavy atom. The van der Waals surface area contributed by atoms with Gasteiger partial charge in [-0.3, -0.25) is 14.8 Å². The number of hydrogen-bond donors (Lipinski definition) is 2. The maximum Gasteiger partial charge on any atom is 0.318 e. The topological polar surface area (TPSA) is 124 Å². The summed E-state index contributed by atoms with van der Waals surface area (Å²) in [4.78, 5) is 21.6. The molecule has 1 aromatic heterocycles. The Kier molecular flexibility index (Phi) is 3.97. The van der Waals surface area contributed by atoms with Gasteiger partial charge in [0.1, 0.15) is 11.4 Å². The van der Waals surface area contributed by atoms with E-state index in [0.29, 0.717) is 0 Å². The molecule has 1 heterocycles. The van der Waals surface area contributed by atoms with Gasteiger partial charge >= 0.3 is 6.03 Å². The molecule has 0 atom stereocenters. The number of carbonyl (C=O) groups excluding carboxylic acids is 2. The van der Waals surface area contributed by atoms with E-state index in [2.05, 4.69) is 5.10 Å². The number of halogens is 1. The van der Waals surface area contributed by atoms with Crippen LogP contribution in [-0.2, 0) is 20.4 Å². The first-order valence-corrected chi connectivity index (χ1v) is 7.02. The molecule has 0 fully saturated rings. The average molecular weight is 295 g/mol. The van der Waals surface area contributed by atoms with Crippen LogP contribution in [0.3, 0.4) is 0 Å². The molecular formula is C8H11ClN4O4S. The molecule has 1 aromatic rings. The molecule has 1 rings (SSSR count). The van der Waals surface area contributed by atoms with Crippen molar-refractivity contribution in [1.29, 1.82) is 0 Å². The second-order valence-corrected chi connectivity index (χ2v) is 6.01. The first kappa shape index (κ1) is 14.5. The molecule has 0 unspecified atom stereocenters. The van der Waals surface area contributed by atoms with Crippen molar-refractivity contribution in [2.24, 2.45) is 5.73 Å². The zero-order valence-electron chi connectivity index (χ0n) is 9.60. The first-order valence-electron chi connectivity index (χ1n) is 4.71. The van der Waals surface area contributed by atoms with Gasteiger partial charge in [-0.25, -0.2) is 13.2 Å². The first-order chi connectivity index (χ1) is 8.12. The third kappa shape index (κ3) is 3.20. The normalized spacial score (nSPS) is 11.3. The number of nitrogens with zero attached hydrogens (tertiary/aromatic N) is 2. The number of aromatic nitrogens is 2. The van der Waals surface area contributed by atoms with Crippen molar-refractivity contribution in [3.05, 3.63) is 11.4 Å². The SMILES string of the molecule is Cc1nn(CC(=O)NC(N)=O)c(C)c1S(=O)(=O)Cl. The molecule has 0 saturated carbocycles. The fourth-order valence-corrected chi connectivity index (χ4v) is 3.02. The van der Waals surface area contributed by atoms with Crippen molar-refractivity contribution in [3.8, 4) is 0 Å². The monoisotopic (exact) mass is 294 g/mol. The Morgan fingerprint density at radius 2 is 2.00 bits per heavy atom. The van der Waals surface area contributed by atoms with Crippen LogP contribution >= 0.6 is 10.7 Å². The Hall–Kier alpha value is -1.61. The molecule has 0 aliphatic heterocycles. The number of hydrogen-bond acceptors (Lipinski definition) is 5. The molecule has 0 saturated heterocycles. The molecule has 0 bridgehead atoms. The summed E-state index contributed by atoms with van der Waals surface area (Å²) >= 11 is 0. The van der Waals surface area contributed by atoms with E-state index in [4.69, 9.17) is 16.4 Å². The van der Waals surface area contributed by atoms with Gasteiger partial charge in [0.2, 0.25) is 5.91 Å². The molecule has 0 aliphatic rings. The summed E-state index contributed by atoms with van der Waals surface area (Å²) < 4.78 is 23.7. The number of aryl methyl sites for hydroxylation is 1. The van der Waals surface area contributed by atoms with Gasteiger partial charge in [-0.15, -0.1) is 0 Å². The van der Waals surface area contributed by atoms with E-state index in [1.54, 1.807) is 0 Å². The summed E-state index contributed by atoms with van der Waals surface area (Å²) in [7, 11) is 1.31. The summed E-state index contributed by atoms with van der Waals surface area (Å²) in [5.41, 5.74) is 5.16. The molecular weight excluding hydrogens is 284 g/mol. The smallest absolute Gasteiger partial charge is 0.318 e. The van der Waals surface area contributed by atoms with Crippen molar-refractivity contribution < 1.29 is 18.0 Å². The van der Waals surface area contributed by atoms with Gasteiger partial charge in [-0.05, 0) is 13.8 Å². The second-order valence-electron chi connectivity index (χ2n) is 3.51. The molecule has 10 heteroatoms. The third-order valence-electron chi connectivity index (χ3n) is 2.11. The standard InChI is InChI=1S/C8H11ClN4O4S/c1-4-7(18(9,16)17)5(2)13(12-4)3-6(14)11-8(10)15/h3H2,1-2H3,(H3,10,11,14,15). The van der Waals surface area contributed by atoms with Crippen LogP contribution in [0.15, 0.2) is 4.90 Å². The van der Waals surface area contributed by atoms with Crippen molar-refractivity contribution in [2.75, 3.05) is 0 Å². The van der Waals surface area contributed by atoms with E-state index < -0.39 is 21.0 Å². The van der Waals surface area contributed by atoms with Crippen LogP contribution in [0, 0.1) is 13.8 Å². The van der Waals surface area contributed by atoms with E-state index in [0.717, 1.165) is 4.68 Å². The van der Waals surface area contributed by atoms with Gasteiger partial charge in [0.15, 0.2) is 0 Å². The van der Waals surface area contributed by atoms with Gasteiger partial charge in [-0.1, -0.05) is 0 Å². The Morgan fingerprint density at radius 3 is 2.39 bits per heavy atom. The van der Waals surface area contributed by atoms with Gasteiger partial charge in [0, 0.05) is 10.7 Å². The predicted molar refractivity (Wildman–Crippen MR) is 62.5 cm³/mol. The summed E-state index contributed by atoms with van der Waals surface area (Å²) in [6.07, 6.45) is 0. The number of primary amides is 1. The minimum absolute atomic E-state index is 0.143. The highest BCUT2D eigenvalue weighted by molar-refractivity contribution is 8.13. The number of nitrogens with two attached hydrogens (primary N) is 1. The van der Waals surface area contributed by atoms with Crippen molar-refractivity contribution >= 4 is 31.7 Å². The second kappa shape index (κ2) is 4.94. The van der Waals surface area contributed by atoms with E-state index in [9.17, 15) is 18.0 Å². The third-order valence-corrected chi connectivity index (χ3v) is 3.66.